The van der Waals surface area contributed by atoms with Crippen LogP contribution >= 0.6 is 0 Å². The molecule has 0 amide bonds. The molecule has 0 aromatic heterocycles. The Morgan fingerprint density at radius 1 is 1.39 bits per heavy atom. The lowest BCUT2D eigenvalue weighted by Gasteiger charge is -2.22. The minimum absolute atomic E-state index is 0.0199. The Hall–Kier alpha value is -1.90. The summed E-state index contributed by atoms with van der Waals surface area (Å²) in [4.78, 5) is 6.62. The molecule has 1 unspecified atom stereocenters. The minimum Gasteiger partial charge on any atom is -0.377 e. The molecule has 1 aromatic rings. The topological polar surface area (TPSA) is 83.0 Å². The molecule has 1 heterocycles. The number of nitrogens with one attached hydrogen (secondary N) is 2. The van der Waals surface area contributed by atoms with Crippen LogP contribution in [0.1, 0.15) is 31.2 Å². The second kappa shape index (κ2) is 11.2. The van der Waals surface area contributed by atoms with Gasteiger partial charge in [-0.25, -0.2) is 13.1 Å². The van der Waals surface area contributed by atoms with Gasteiger partial charge in [-0.05, 0) is 43.4 Å². The third-order valence-electron chi connectivity index (χ3n) is 4.68. The van der Waals surface area contributed by atoms with E-state index < -0.39 is 10.0 Å². The zero-order valence-corrected chi connectivity index (χ0v) is 17.7. The van der Waals surface area contributed by atoms with Crippen molar-refractivity contribution in [2.75, 3.05) is 33.8 Å². The first-order chi connectivity index (χ1) is 13.5. The third-order valence-corrected chi connectivity index (χ3v) is 6.12. The number of aliphatic imine (C=N–C) groups is 1. The number of sulfonamides is 1. The molecule has 1 atom stereocenters. The highest BCUT2D eigenvalue weighted by molar-refractivity contribution is 7.89. The number of guanidine groups is 1. The van der Waals surface area contributed by atoms with Crippen LogP contribution in [-0.2, 0) is 21.3 Å². The number of hydrogen-bond acceptors (Lipinski definition) is 4. The number of ether oxygens (including phenoxy) is 1. The molecule has 1 saturated heterocycles. The van der Waals surface area contributed by atoms with Crippen LogP contribution < -0.4 is 10.0 Å². The van der Waals surface area contributed by atoms with Crippen LogP contribution in [0, 0.1) is 0 Å². The fourth-order valence-corrected chi connectivity index (χ4v) is 4.09. The Balaban J connectivity index is 1.86. The number of allylic oxidation sites excluding steroid dienone is 1. The number of benzene rings is 1. The lowest BCUT2D eigenvalue weighted by atomic mass is 10.2. The predicted octanol–water partition coefficient (Wildman–Crippen LogP) is 2.12. The van der Waals surface area contributed by atoms with Crippen LogP contribution in [0.15, 0.2) is 46.8 Å². The van der Waals surface area contributed by atoms with E-state index in [2.05, 4.69) is 26.5 Å². The van der Waals surface area contributed by atoms with E-state index in [0.29, 0.717) is 19.7 Å². The van der Waals surface area contributed by atoms with Crippen LogP contribution in [-0.4, -0.2) is 59.2 Å². The van der Waals surface area contributed by atoms with Gasteiger partial charge >= 0.3 is 0 Å². The van der Waals surface area contributed by atoms with Gasteiger partial charge in [-0.15, -0.1) is 6.58 Å². The summed E-state index contributed by atoms with van der Waals surface area (Å²) in [7, 11) is 0.228. The van der Waals surface area contributed by atoms with Gasteiger partial charge in [0.15, 0.2) is 5.96 Å². The molecule has 0 spiro atoms. The molecule has 2 rings (SSSR count). The monoisotopic (exact) mass is 408 g/mol. The molecule has 8 heteroatoms. The summed E-state index contributed by atoms with van der Waals surface area (Å²) in [6.45, 7) is 6.22. The highest BCUT2D eigenvalue weighted by atomic mass is 32.2. The molecule has 0 aliphatic carbocycles. The standard InChI is InChI=1S/C20H32N4O3S/c1-4-5-6-13-24(3)20(21-2)22-15-17-9-11-19(12-10-17)28(25,26)23-16-18-8-7-14-27-18/h4,9-12,18,23H,1,5-8,13-16H2,2-3H3,(H,21,22). The lowest BCUT2D eigenvalue weighted by Crippen LogP contribution is -2.39. The number of nitrogens with zero attached hydrogens (tertiary/aromatic N) is 2. The second-order valence-electron chi connectivity index (χ2n) is 6.88. The molecule has 0 saturated carbocycles. The van der Waals surface area contributed by atoms with Gasteiger partial charge in [-0.3, -0.25) is 4.99 Å². The zero-order chi connectivity index (χ0) is 20.4. The Labute approximate surface area is 168 Å². The van der Waals surface area contributed by atoms with E-state index in [9.17, 15) is 8.42 Å². The molecule has 0 bridgehead atoms. The normalized spacial score (nSPS) is 17.5. The largest absolute Gasteiger partial charge is 0.377 e. The van der Waals surface area contributed by atoms with Gasteiger partial charge in [0, 0.05) is 40.3 Å². The van der Waals surface area contributed by atoms with Crippen molar-refractivity contribution in [2.45, 2.75) is 43.2 Å². The van der Waals surface area contributed by atoms with E-state index in [1.165, 1.54) is 0 Å². The Bertz CT molecular complexity index is 741. The molecule has 2 N–H and O–H groups in total. The average molecular weight is 409 g/mol. The van der Waals surface area contributed by atoms with Gasteiger partial charge in [-0.1, -0.05) is 18.2 Å². The smallest absolute Gasteiger partial charge is 0.240 e. The summed E-state index contributed by atoms with van der Waals surface area (Å²) in [5.41, 5.74) is 0.985. The zero-order valence-electron chi connectivity index (χ0n) is 16.9. The van der Waals surface area contributed by atoms with Crippen molar-refractivity contribution in [3.05, 3.63) is 42.5 Å². The molecule has 0 radical (unpaired) electrons. The maximum Gasteiger partial charge on any atom is 0.240 e. The number of rotatable bonds is 10. The second-order valence-corrected chi connectivity index (χ2v) is 8.65. The maximum atomic E-state index is 12.4. The van der Waals surface area contributed by atoms with E-state index >= 15 is 0 Å². The quantitative estimate of drug-likeness (QED) is 0.268. The van der Waals surface area contributed by atoms with Crippen molar-refractivity contribution in [1.29, 1.82) is 0 Å². The van der Waals surface area contributed by atoms with Crippen molar-refractivity contribution >= 4 is 16.0 Å². The first-order valence-corrected chi connectivity index (χ1v) is 11.2. The van der Waals surface area contributed by atoms with E-state index in [1.54, 1.807) is 19.2 Å². The third kappa shape index (κ3) is 6.92. The van der Waals surface area contributed by atoms with Crippen molar-refractivity contribution in [3.63, 3.8) is 0 Å². The summed E-state index contributed by atoms with van der Waals surface area (Å²) in [5, 5.41) is 3.30. The van der Waals surface area contributed by atoms with Crippen LogP contribution in [0.25, 0.3) is 0 Å². The van der Waals surface area contributed by atoms with Crippen LogP contribution in [0.2, 0.25) is 0 Å². The fraction of sp³-hybridized carbons (Fsp3) is 0.550. The Morgan fingerprint density at radius 3 is 2.75 bits per heavy atom. The van der Waals surface area contributed by atoms with Crippen molar-refractivity contribution in [1.82, 2.24) is 14.9 Å². The van der Waals surface area contributed by atoms with Gasteiger partial charge < -0.3 is 15.0 Å². The fourth-order valence-electron chi connectivity index (χ4n) is 3.02. The van der Waals surface area contributed by atoms with Crippen LogP contribution in [0.3, 0.4) is 0 Å². The maximum absolute atomic E-state index is 12.4. The molecule has 1 fully saturated rings. The first-order valence-electron chi connectivity index (χ1n) is 9.69. The molecule has 7 nitrogen and oxygen atoms in total. The van der Waals surface area contributed by atoms with Gasteiger partial charge in [0.2, 0.25) is 10.0 Å². The number of unbranched alkanes of at least 4 members (excludes halogenated alkanes) is 1. The first kappa shape index (κ1) is 22.4. The number of hydrogen-bond donors (Lipinski definition) is 2. The molecular formula is C20H32N4O3S. The summed E-state index contributed by atoms with van der Waals surface area (Å²) < 4.78 is 32.9. The van der Waals surface area contributed by atoms with Gasteiger partial charge in [0.05, 0.1) is 11.0 Å². The summed E-state index contributed by atoms with van der Waals surface area (Å²) in [5.74, 6) is 0.805. The lowest BCUT2D eigenvalue weighted by molar-refractivity contribution is 0.114. The van der Waals surface area contributed by atoms with Gasteiger partial charge in [0.1, 0.15) is 0 Å². The van der Waals surface area contributed by atoms with Crippen molar-refractivity contribution in [3.8, 4) is 0 Å². The summed E-state index contributed by atoms with van der Waals surface area (Å²) in [6.07, 6.45) is 5.77. The molecule has 156 valence electrons. The van der Waals surface area contributed by atoms with E-state index in [4.69, 9.17) is 4.74 Å². The molecule has 1 aromatic carbocycles. The minimum atomic E-state index is -3.52. The van der Waals surface area contributed by atoms with Gasteiger partial charge in [-0.2, -0.15) is 0 Å². The molecule has 28 heavy (non-hydrogen) atoms. The highest BCUT2D eigenvalue weighted by Crippen LogP contribution is 2.14. The van der Waals surface area contributed by atoms with E-state index in [-0.39, 0.29) is 11.0 Å². The summed E-state index contributed by atoms with van der Waals surface area (Å²) >= 11 is 0. The predicted molar refractivity (Wildman–Crippen MR) is 113 cm³/mol. The van der Waals surface area contributed by atoms with Crippen LogP contribution in [0.5, 0.6) is 0 Å². The summed E-state index contributed by atoms with van der Waals surface area (Å²) in [6, 6.07) is 6.90. The van der Waals surface area contributed by atoms with Crippen molar-refractivity contribution < 1.29 is 13.2 Å². The SMILES string of the molecule is C=CCCCN(C)C(=NC)NCc1ccc(S(=O)(=O)NCC2CCCO2)cc1. The van der Waals surface area contributed by atoms with E-state index in [0.717, 1.165) is 43.8 Å². The molecular weight excluding hydrogens is 376 g/mol. The van der Waals surface area contributed by atoms with Crippen LogP contribution in [0.4, 0.5) is 0 Å². The molecule has 1 aliphatic rings. The average Bonchev–Trinajstić information content (AvgIpc) is 3.21. The highest BCUT2D eigenvalue weighted by Gasteiger charge is 2.20. The molecule has 1 aliphatic heterocycles. The Kier molecular flexibility index (Phi) is 8.95. The van der Waals surface area contributed by atoms with Crippen molar-refractivity contribution in [2.24, 2.45) is 4.99 Å². The Morgan fingerprint density at radius 2 is 2.14 bits per heavy atom. The van der Waals surface area contributed by atoms with E-state index in [1.807, 2.05) is 25.3 Å². The van der Waals surface area contributed by atoms with Gasteiger partial charge in [0.25, 0.3) is 0 Å².